The summed E-state index contributed by atoms with van der Waals surface area (Å²) in [4.78, 5) is 5.14. The molecule has 20 heavy (non-hydrogen) atoms. The van der Waals surface area contributed by atoms with Crippen LogP contribution >= 0.6 is 0 Å². The molecule has 0 aromatic heterocycles. The second-order valence-electron chi connectivity index (χ2n) is 6.32. The first-order valence-electron chi connectivity index (χ1n) is 8.56. The predicted molar refractivity (Wildman–Crippen MR) is 83.9 cm³/mol. The van der Waals surface area contributed by atoms with Crippen molar-refractivity contribution in [3.8, 4) is 0 Å². The highest BCUT2D eigenvalue weighted by Gasteiger charge is 2.31. The van der Waals surface area contributed by atoms with Crippen molar-refractivity contribution in [2.45, 2.75) is 51.7 Å². The molecule has 1 aliphatic heterocycles. The first-order chi connectivity index (χ1) is 9.78. The molecule has 1 aliphatic carbocycles. The van der Waals surface area contributed by atoms with Gasteiger partial charge in [0, 0.05) is 25.7 Å². The molecule has 3 unspecified atom stereocenters. The van der Waals surface area contributed by atoms with Crippen LogP contribution in [0.25, 0.3) is 0 Å². The van der Waals surface area contributed by atoms with Gasteiger partial charge in [-0.05, 0) is 38.4 Å². The summed E-state index contributed by atoms with van der Waals surface area (Å²) < 4.78 is 5.99. The molecule has 4 nitrogen and oxygen atoms in total. The molecule has 118 valence electrons. The average Bonchev–Trinajstić information content (AvgIpc) is 2.52. The SMILES string of the molecule is CCN1CCOC(CN(CC)C2CCCCC2CN)C1. The molecule has 0 spiro atoms. The lowest BCUT2D eigenvalue weighted by Crippen LogP contribution is -2.52. The van der Waals surface area contributed by atoms with Gasteiger partial charge in [0.15, 0.2) is 0 Å². The molecule has 0 bridgehead atoms. The molecule has 2 rings (SSSR count). The van der Waals surface area contributed by atoms with Crippen LogP contribution in [0, 0.1) is 5.92 Å². The van der Waals surface area contributed by atoms with Gasteiger partial charge in [-0.3, -0.25) is 9.80 Å². The third kappa shape index (κ3) is 4.17. The van der Waals surface area contributed by atoms with Gasteiger partial charge in [0.2, 0.25) is 0 Å². The number of morpholine rings is 1. The van der Waals surface area contributed by atoms with Gasteiger partial charge >= 0.3 is 0 Å². The molecule has 0 amide bonds. The Morgan fingerprint density at radius 2 is 2.05 bits per heavy atom. The summed E-state index contributed by atoms with van der Waals surface area (Å²) in [5, 5.41) is 0. The summed E-state index contributed by atoms with van der Waals surface area (Å²) in [5.74, 6) is 0.689. The molecule has 0 radical (unpaired) electrons. The molecule has 1 saturated heterocycles. The molecular formula is C16H33N3O. The Kier molecular flexibility index (Phi) is 6.75. The lowest BCUT2D eigenvalue weighted by atomic mass is 9.83. The van der Waals surface area contributed by atoms with Crippen molar-refractivity contribution < 1.29 is 4.74 Å². The molecule has 2 N–H and O–H groups in total. The van der Waals surface area contributed by atoms with E-state index in [2.05, 4.69) is 23.6 Å². The molecule has 1 heterocycles. The van der Waals surface area contributed by atoms with Crippen molar-refractivity contribution in [2.75, 3.05) is 45.9 Å². The van der Waals surface area contributed by atoms with Crippen LogP contribution in [0.15, 0.2) is 0 Å². The van der Waals surface area contributed by atoms with E-state index in [0.29, 0.717) is 18.1 Å². The van der Waals surface area contributed by atoms with E-state index < -0.39 is 0 Å². The minimum atomic E-state index is 0.379. The van der Waals surface area contributed by atoms with Crippen molar-refractivity contribution in [1.29, 1.82) is 0 Å². The quantitative estimate of drug-likeness (QED) is 0.803. The molecule has 2 fully saturated rings. The molecule has 4 heteroatoms. The summed E-state index contributed by atoms with van der Waals surface area (Å²) in [6.45, 7) is 11.8. The fraction of sp³-hybridized carbons (Fsp3) is 1.00. The Bertz CT molecular complexity index is 274. The van der Waals surface area contributed by atoms with Gasteiger partial charge in [-0.15, -0.1) is 0 Å². The maximum atomic E-state index is 6.00. The lowest BCUT2D eigenvalue weighted by molar-refractivity contribution is -0.0523. The van der Waals surface area contributed by atoms with E-state index in [9.17, 15) is 0 Å². The Morgan fingerprint density at radius 3 is 2.75 bits per heavy atom. The third-order valence-corrected chi connectivity index (χ3v) is 5.16. The van der Waals surface area contributed by atoms with Gasteiger partial charge in [0.1, 0.15) is 0 Å². The highest BCUT2D eigenvalue weighted by atomic mass is 16.5. The first kappa shape index (κ1) is 16.2. The molecule has 1 saturated carbocycles. The number of nitrogens with zero attached hydrogens (tertiary/aromatic N) is 2. The molecule has 0 aromatic rings. The van der Waals surface area contributed by atoms with Crippen LogP contribution < -0.4 is 5.73 Å². The van der Waals surface area contributed by atoms with E-state index in [4.69, 9.17) is 10.5 Å². The van der Waals surface area contributed by atoms with E-state index in [-0.39, 0.29) is 0 Å². The predicted octanol–water partition coefficient (Wildman–Crippen LogP) is 1.55. The number of rotatable bonds is 6. The standard InChI is InChI=1S/C16H33N3O/c1-3-18-9-10-20-15(12-18)13-19(4-2)16-8-6-5-7-14(16)11-17/h14-16H,3-13,17H2,1-2H3. The lowest BCUT2D eigenvalue weighted by Gasteiger charge is -2.42. The fourth-order valence-corrected chi connectivity index (χ4v) is 3.88. The Labute approximate surface area is 124 Å². The van der Waals surface area contributed by atoms with E-state index in [1.54, 1.807) is 0 Å². The zero-order valence-corrected chi connectivity index (χ0v) is 13.4. The van der Waals surface area contributed by atoms with Crippen LogP contribution in [0.3, 0.4) is 0 Å². The van der Waals surface area contributed by atoms with Gasteiger partial charge in [-0.2, -0.15) is 0 Å². The molecule has 3 atom stereocenters. The van der Waals surface area contributed by atoms with Gasteiger partial charge < -0.3 is 10.5 Å². The van der Waals surface area contributed by atoms with Crippen LogP contribution in [-0.2, 0) is 4.74 Å². The molecule has 2 aliphatic rings. The Morgan fingerprint density at radius 1 is 1.25 bits per heavy atom. The Balaban J connectivity index is 1.90. The summed E-state index contributed by atoms with van der Waals surface area (Å²) in [6, 6.07) is 0.680. The average molecular weight is 283 g/mol. The van der Waals surface area contributed by atoms with E-state index >= 15 is 0 Å². The minimum Gasteiger partial charge on any atom is -0.374 e. The third-order valence-electron chi connectivity index (χ3n) is 5.16. The van der Waals surface area contributed by atoms with Crippen LogP contribution in [0.1, 0.15) is 39.5 Å². The van der Waals surface area contributed by atoms with Gasteiger partial charge in [-0.25, -0.2) is 0 Å². The highest BCUT2D eigenvalue weighted by Crippen LogP contribution is 2.28. The topological polar surface area (TPSA) is 41.7 Å². The second-order valence-corrected chi connectivity index (χ2v) is 6.32. The smallest absolute Gasteiger partial charge is 0.0829 e. The van der Waals surface area contributed by atoms with Crippen molar-refractivity contribution >= 4 is 0 Å². The van der Waals surface area contributed by atoms with Gasteiger partial charge in [0.05, 0.1) is 12.7 Å². The monoisotopic (exact) mass is 283 g/mol. The largest absolute Gasteiger partial charge is 0.374 e. The number of nitrogens with two attached hydrogens (primary N) is 1. The first-order valence-corrected chi connectivity index (χ1v) is 8.56. The normalized spacial score (nSPS) is 32.7. The fourth-order valence-electron chi connectivity index (χ4n) is 3.88. The summed E-state index contributed by atoms with van der Waals surface area (Å²) in [6.07, 6.45) is 5.73. The number of ether oxygens (including phenoxy) is 1. The molecule has 0 aromatic carbocycles. The van der Waals surface area contributed by atoms with Crippen LogP contribution in [0.5, 0.6) is 0 Å². The van der Waals surface area contributed by atoms with Gasteiger partial charge in [-0.1, -0.05) is 26.7 Å². The number of likely N-dealkylation sites (N-methyl/N-ethyl adjacent to an activating group) is 2. The zero-order valence-electron chi connectivity index (χ0n) is 13.4. The summed E-state index contributed by atoms with van der Waals surface area (Å²) in [5.41, 5.74) is 6.00. The van der Waals surface area contributed by atoms with Crippen LogP contribution in [0.4, 0.5) is 0 Å². The van der Waals surface area contributed by atoms with Crippen molar-refractivity contribution in [3.63, 3.8) is 0 Å². The highest BCUT2D eigenvalue weighted by molar-refractivity contribution is 4.86. The van der Waals surface area contributed by atoms with E-state index in [1.807, 2.05) is 0 Å². The maximum Gasteiger partial charge on any atom is 0.0829 e. The van der Waals surface area contributed by atoms with Crippen molar-refractivity contribution in [3.05, 3.63) is 0 Å². The van der Waals surface area contributed by atoms with E-state index in [0.717, 1.165) is 45.9 Å². The van der Waals surface area contributed by atoms with Crippen LogP contribution in [-0.4, -0.2) is 67.8 Å². The Hall–Kier alpha value is -0.160. The maximum absolute atomic E-state index is 6.00. The second kappa shape index (κ2) is 8.32. The van der Waals surface area contributed by atoms with Crippen molar-refractivity contribution in [1.82, 2.24) is 9.80 Å². The number of hydrogen-bond acceptors (Lipinski definition) is 4. The zero-order chi connectivity index (χ0) is 14.4. The van der Waals surface area contributed by atoms with Crippen molar-refractivity contribution in [2.24, 2.45) is 11.7 Å². The van der Waals surface area contributed by atoms with Crippen LogP contribution in [0.2, 0.25) is 0 Å². The number of hydrogen-bond donors (Lipinski definition) is 1. The summed E-state index contributed by atoms with van der Waals surface area (Å²) in [7, 11) is 0. The van der Waals surface area contributed by atoms with Gasteiger partial charge in [0.25, 0.3) is 0 Å². The summed E-state index contributed by atoms with van der Waals surface area (Å²) >= 11 is 0. The van der Waals surface area contributed by atoms with E-state index in [1.165, 1.54) is 25.7 Å². The molecular weight excluding hydrogens is 250 g/mol. The minimum absolute atomic E-state index is 0.379.